The lowest BCUT2D eigenvalue weighted by molar-refractivity contribution is -0.127. The van der Waals surface area contributed by atoms with Crippen molar-refractivity contribution in [3.05, 3.63) is 15.8 Å². The molecule has 1 aromatic rings. The molecule has 1 rings (SSSR count). The third-order valence-electron chi connectivity index (χ3n) is 2.57. The standard InChI is InChI=1S/C13H19NO5S/c1-4-9-7-10(11(20-9)13(16)17)19-8(2)12(15)14-5-6-18-3/h7-8H,4-6H2,1-3H3,(H,14,15)(H,16,17). The second-order valence-electron chi connectivity index (χ2n) is 4.11. The summed E-state index contributed by atoms with van der Waals surface area (Å²) in [7, 11) is 1.54. The number of aryl methyl sites for hydroxylation is 1. The second-order valence-corrected chi connectivity index (χ2v) is 5.25. The number of hydrogen-bond donors (Lipinski definition) is 2. The van der Waals surface area contributed by atoms with Crippen molar-refractivity contribution in [2.75, 3.05) is 20.3 Å². The molecule has 6 nitrogen and oxygen atoms in total. The van der Waals surface area contributed by atoms with E-state index in [9.17, 15) is 9.59 Å². The van der Waals surface area contributed by atoms with E-state index in [0.717, 1.165) is 11.3 Å². The fourth-order valence-corrected chi connectivity index (χ4v) is 2.36. The van der Waals surface area contributed by atoms with E-state index < -0.39 is 12.1 Å². The number of carboxylic acids is 1. The molecule has 0 saturated heterocycles. The normalized spacial score (nSPS) is 11.9. The number of carbonyl (C=O) groups excluding carboxylic acids is 1. The van der Waals surface area contributed by atoms with Gasteiger partial charge in [0.1, 0.15) is 5.75 Å². The molecule has 1 heterocycles. The Morgan fingerprint density at radius 2 is 2.20 bits per heavy atom. The summed E-state index contributed by atoms with van der Waals surface area (Å²) in [6.07, 6.45) is -0.0350. The van der Waals surface area contributed by atoms with E-state index in [0.29, 0.717) is 13.2 Å². The highest BCUT2D eigenvalue weighted by molar-refractivity contribution is 7.14. The minimum absolute atomic E-state index is 0.124. The Kier molecular flexibility index (Phi) is 6.47. The highest BCUT2D eigenvalue weighted by Gasteiger charge is 2.21. The van der Waals surface area contributed by atoms with Gasteiger partial charge < -0.3 is 19.9 Å². The zero-order valence-corrected chi connectivity index (χ0v) is 12.6. The minimum atomic E-state index is -1.04. The first kappa shape index (κ1) is 16.5. The molecule has 1 aromatic heterocycles. The first-order valence-corrected chi connectivity index (χ1v) is 7.10. The Morgan fingerprint density at radius 3 is 2.75 bits per heavy atom. The number of hydrogen-bond acceptors (Lipinski definition) is 5. The van der Waals surface area contributed by atoms with E-state index >= 15 is 0 Å². The Labute approximate surface area is 121 Å². The van der Waals surface area contributed by atoms with E-state index in [1.165, 1.54) is 11.3 Å². The van der Waals surface area contributed by atoms with Crippen LogP contribution in [0.4, 0.5) is 0 Å². The zero-order chi connectivity index (χ0) is 15.1. The number of amides is 1. The molecule has 112 valence electrons. The lowest BCUT2D eigenvalue weighted by Crippen LogP contribution is -2.38. The predicted molar refractivity (Wildman–Crippen MR) is 75.6 cm³/mol. The van der Waals surface area contributed by atoms with Gasteiger partial charge in [-0.2, -0.15) is 0 Å². The Hall–Kier alpha value is -1.60. The van der Waals surface area contributed by atoms with Gasteiger partial charge in [0.2, 0.25) is 0 Å². The maximum atomic E-state index is 11.7. The topological polar surface area (TPSA) is 84.9 Å². The van der Waals surface area contributed by atoms with Crippen molar-refractivity contribution in [3.8, 4) is 5.75 Å². The fourth-order valence-electron chi connectivity index (χ4n) is 1.50. The highest BCUT2D eigenvalue weighted by Crippen LogP contribution is 2.30. The summed E-state index contributed by atoms with van der Waals surface area (Å²) in [5, 5.41) is 11.8. The molecule has 1 unspecified atom stereocenters. The number of rotatable bonds is 8. The number of carbonyl (C=O) groups is 2. The van der Waals surface area contributed by atoms with Crippen LogP contribution in [0.15, 0.2) is 6.07 Å². The van der Waals surface area contributed by atoms with Crippen LogP contribution in [0.2, 0.25) is 0 Å². The van der Waals surface area contributed by atoms with Crippen molar-refractivity contribution in [3.63, 3.8) is 0 Å². The van der Waals surface area contributed by atoms with Crippen molar-refractivity contribution in [1.29, 1.82) is 0 Å². The van der Waals surface area contributed by atoms with E-state index in [1.807, 2.05) is 6.92 Å². The minimum Gasteiger partial charge on any atom is -0.479 e. The average Bonchev–Trinajstić information content (AvgIpc) is 2.82. The molecule has 1 amide bonds. The molecule has 20 heavy (non-hydrogen) atoms. The molecule has 0 saturated carbocycles. The quantitative estimate of drug-likeness (QED) is 0.711. The van der Waals surface area contributed by atoms with E-state index in [1.54, 1.807) is 20.1 Å². The number of thiophene rings is 1. The van der Waals surface area contributed by atoms with Crippen molar-refractivity contribution in [2.45, 2.75) is 26.4 Å². The van der Waals surface area contributed by atoms with Crippen LogP contribution in [0.1, 0.15) is 28.4 Å². The number of carboxylic acid groups (broad SMARTS) is 1. The average molecular weight is 301 g/mol. The van der Waals surface area contributed by atoms with Gasteiger partial charge >= 0.3 is 5.97 Å². The summed E-state index contributed by atoms with van der Waals surface area (Å²) in [5.41, 5.74) is 0. The molecule has 0 fully saturated rings. The Bertz CT molecular complexity index is 471. The molecule has 0 aliphatic heterocycles. The SMILES string of the molecule is CCc1cc(OC(C)C(=O)NCCOC)c(C(=O)O)s1. The van der Waals surface area contributed by atoms with E-state index in [4.69, 9.17) is 14.6 Å². The van der Waals surface area contributed by atoms with Gasteiger partial charge in [0.25, 0.3) is 5.91 Å². The van der Waals surface area contributed by atoms with Crippen molar-refractivity contribution in [2.24, 2.45) is 0 Å². The number of aromatic carboxylic acids is 1. The molecule has 0 aromatic carbocycles. The van der Waals surface area contributed by atoms with E-state index in [2.05, 4.69) is 5.32 Å². The summed E-state index contributed by atoms with van der Waals surface area (Å²) < 4.78 is 10.3. The Morgan fingerprint density at radius 1 is 1.50 bits per heavy atom. The van der Waals surface area contributed by atoms with Crippen LogP contribution in [-0.2, 0) is 16.0 Å². The summed E-state index contributed by atoms with van der Waals surface area (Å²) in [4.78, 5) is 23.9. The number of ether oxygens (including phenoxy) is 2. The van der Waals surface area contributed by atoms with Crippen LogP contribution < -0.4 is 10.1 Å². The summed E-state index contributed by atoms with van der Waals surface area (Å²) >= 11 is 1.17. The van der Waals surface area contributed by atoms with E-state index in [-0.39, 0.29) is 16.5 Å². The van der Waals surface area contributed by atoms with Crippen molar-refractivity contribution < 1.29 is 24.2 Å². The maximum Gasteiger partial charge on any atom is 0.349 e. The monoisotopic (exact) mass is 301 g/mol. The van der Waals surface area contributed by atoms with Gasteiger partial charge in [0.05, 0.1) is 6.61 Å². The van der Waals surface area contributed by atoms with Gasteiger partial charge in [0, 0.05) is 18.5 Å². The summed E-state index contributed by atoms with van der Waals surface area (Å²) in [6.45, 7) is 4.31. The molecular weight excluding hydrogens is 282 g/mol. The molecule has 0 aliphatic carbocycles. The largest absolute Gasteiger partial charge is 0.479 e. The van der Waals surface area contributed by atoms with Crippen LogP contribution in [0.5, 0.6) is 5.75 Å². The summed E-state index contributed by atoms with van der Waals surface area (Å²) in [5.74, 6) is -1.10. The predicted octanol–water partition coefficient (Wildman–Crippen LogP) is 1.54. The van der Waals surface area contributed by atoms with Gasteiger partial charge in [-0.15, -0.1) is 11.3 Å². The zero-order valence-electron chi connectivity index (χ0n) is 11.8. The summed E-state index contributed by atoms with van der Waals surface area (Å²) in [6, 6.07) is 1.67. The van der Waals surface area contributed by atoms with Crippen molar-refractivity contribution >= 4 is 23.2 Å². The first-order chi connectivity index (χ1) is 9.49. The van der Waals surface area contributed by atoms with Gasteiger partial charge in [0.15, 0.2) is 11.0 Å². The van der Waals surface area contributed by atoms with Crippen LogP contribution in [0, 0.1) is 0 Å². The highest BCUT2D eigenvalue weighted by atomic mass is 32.1. The van der Waals surface area contributed by atoms with Crippen LogP contribution in [-0.4, -0.2) is 43.3 Å². The molecule has 0 bridgehead atoms. The second kappa shape index (κ2) is 7.86. The Balaban J connectivity index is 2.69. The number of nitrogens with one attached hydrogen (secondary N) is 1. The van der Waals surface area contributed by atoms with Crippen LogP contribution >= 0.6 is 11.3 Å². The van der Waals surface area contributed by atoms with Crippen LogP contribution in [0.25, 0.3) is 0 Å². The fraction of sp³-hybridized carbons (Fsp3) is 0.538. The molecule has 0 radical (unpaired) electrons. The third kappa shape index (κ3) is 4.50. The van der Waals surface area contributed by atoms with Gasteiger partial charge in [-0.05, 0) is 19.4 Å². The van der Waals surface area contributed by atoms with Crippen LogP contribution in [0.3, 0.4) is 0 Å². The molecule has 0 spiro atoms. The molecule has 0 aliphatic rings. The third-order valence-corrected chi connectivity index (χ3v) is 3.82. The smallest absolute Gasteiger partial charge is 0.349 e. The maximum absolute atomic E-state index is 11.7. The first-order valence-electron chi connectivity index (χ1n) is 6.28. The molecule has 1 atom stereocenters. The lowest BCUT2D eigenvalue weighted by atomic mass is 10.3. The van der Waals surface area contributed by atoms with Gasteiger partial charge in [-0.1, -0.05) is 6.92 Å². The molecular formula is C13H19NO5S. The lowest BCUT2D eigenvalue weighted by Gasteiger charge is -2.14. The molecule has 7 heteroatoms. The van der Waals surface area contributed by atoms with Gasteiger partial charge in [-0.25, -0.2) is 4.79 Å². The number of methoxy groups -OCH3 is 1. The van der Waals surface area contributed by atoms with Gasteiger partial charge in [-0.3, -0.25) is 4.79 Å². The van der Waals surface area contributed by atoms with Crippen molar-refractivity contribution in [1.82, 2.24) is 5.32 Å². The molecule has 2 N–H and O–H groups in total.